The monoisotopic (exact) mass is 612 g/mol. The molecule has 0 spiro atoms. The molecular weight excluding hydrogens is 572 g/mol. The minimum Gasteiger partial charge on any atom is -0.444 e. The van der Waals surface area contributed by atoms with Crippen LogP contribution >= 0.6 is 11.8 Å². The molecule has 9 nitrogen and oxygen atoms in total. The quantitative estimate of drug-likeness (QED) is 0.481. The summed E-state index contributed by atoms with van der Waals surface area (Å²) in [7, 11) is -3.16. The number of rotatable bonds is 7. The zero-order valence-corrected chi connectivity index (χ0v) is 26.1. The highest BCUT2D eigenvalue weighted by Crippen LogP contribution is 2.41. The number of anilines is 2. The minimum absolute atomic E-state index is 0.0178. The van der Waals surface area contributed by atoms with Crippen molar-refractivity contribution in [2.24, 2.45) is 10.9 Å². The molecule has 2 atom stereocenters. The number of thioether (sulfide) groups is 1. The number of hydrogen-bond donors (Lipinski definition) is 1. The van der Waals surface area contributed by atoms with Crippen molar-refractivity contribution >= 4 is 50.1 Å². The van der Waals surface area contributed by atoms with Crippen LogP contribution in [0, 0.1) is 5.92 Å². The van der Waals surface area contributed by atoms with E-state index in [4.69, 9.17) is 4.74 Å². The number of carbonyl (C=O) groups is 2. The van der Waals surface area contributed by atoms with E-state index < -0.39 is 21.5 Å². The van der Waals surface area contributed by atoms with Crippen LogP contribution in [0.5, 0.6) is 0 Å². The Morgan fingerprint density at radius 3 is 2.33 bits per heavy atom. The van der Waals surface area contributed by atoms with Crippen LogP contribution in [0.25, 0.3) is 0 Å². The number of hydrogen-bond acceptors (Lipinski definition) is 7. The van der Waals surface area contributed by atoms with Gasteiger partial charge >= 0.3 is 6.09 Å². The number of amidine groups is 1. The number of nitrogens with one attached hydrogen (secondary N) is 1. The number of fused-ring (bicyclic) bond motifs is 1. The second kappa shape index (κ2) is 12.7. The van der Waals surface area contributed by atoms with E-state index in [2.05, 4.69) is 57.7 Å². The number of carbonyl (C=O) groups excluding carboxylic acids is 2. The fourth-order valence-corrected chi connectivity index (χ4v) is 9.71. The number of aliphatic imine (C=N–C) groups is 1. The van der Waals surface area contributed by atoms with Gasteiger partial charge < -0.3 is 19.9 Å². The van der Waals surface area contributed by atoms with Crippen LogP contribution in [0.4, 0.5) is 16.2 Å². The molecular formula is C31H40N4O5S2. The lowest BCUT2D eigenvalue weighted by Crippen LogP contribution is -2.38. The van der Waals surface area contributed by atoms with E-state index in [1.165, 1.54) is 17.3 Å². The highest BCUT2D eigenvalue weighted by atomic mass is 32.2. The molecule has 226 valence electrons. The van der Waals surface area contributed by atoms with Crippen LogP contribution < -0.4 is 15.1 Å². The Morgan fingerprint density at radius 2 is 1.67 bits per heavy atom. The number of alkyl carbamates (subject to hydrolysis) is 1. The summed E-state index contributed by atoms with van der Waals surface area (Å²) < 4.78 is 30.1. The van der Waals surface area contributed by atoms with Crippen molar-refractivity contribution in [3.05, 3.63) is 60.2 Å². The highest BCUT2D eigenvalue weighted by molar-refractivity contribution is 8.16. The first-order valence-electron chi connectivity index (χ1n) is 14.6. The molecule has 3 fully saturated rings. The van der Waals surface area contributed by atoms with E-state index in [-0.39, 0.29) is 41.7 Å². The van der Waals surface area contributed by atoms with Crippen molar-refractivity contribution in [3.63, 3.8) is 0 Å². The third-order valence-electron chi connectivity index (χ3n) is 7.77. The third-order valence-corrected chi connectivity index (χ3v) is 11.0. The molecule has 42 heavy (non-hydrogen) atoms. The molecule has 0 aliphatic carbocycles. The molecule has 2 aromatic carbocycles. The summed E-state index contributed by atoms with van der Waals surface area (Å²) >= 11 is 1.35. The van der Waals surface area contributed by atoms with E-state index in [1.807, 2.05) is 17.0 Å². The van der Waals surface area contributed by atoms with Crippen molar-refractivity contribution in [1.29, 1.82) is 0 Å². The molecule has 2 aromatic rings. The van der Waals surface area contributed by atoms with Gasteiger partial charge in [-0.2, -0.15) is 4.99 Å². The molecule has 1 N–H and O–H groups in total. The summed E-state index contributed by atoms with van der Waals surface area (Å²) in [5.74, 6) is 0.412. The van der Waals surface area contributed by atoms with Gasteiger partial charge in [0.05, 0.1) is 17.5 Å². The molecule has 3 aliphatic heterocycles. The van der Waals surface area contributed by atoms with Gasteiger partial charge in [-0.05, 0) is 75.8 Å². The van der Waals surface area contributed by atoms with Gasteiger partial charge in [0.1, 0.15) is 5.60 Å². The van der Waals surface area contributed by atoms with Gasteiger partial charge in [-0.3, -0.25) is 4.79 Å². The van der Waals surface area contributed by atoms with Gasteiger partial charge in [0, 0.05) is 42.7 Å². The number of ether oxygens (including phenoxy) is 1. The number of sulfone groups is 1. The van der Waals surface area contributed by atoms with Crippen molar-refractivity contribution < 1.29 is 22.7 Å². The zero-order chi connectivity index (χ0) is 29.9. The average Bonchev–Trinajstić information content (AvgIpc) is 3.39. The van der Waals surface area contributed by atoms with Crippen molar-refractivity contribution in [1.82, 2.24) is 5.32 Å². The predicted molar refractivity (Wildman–Crippen MR) is 169 cm³/mol. The van der Waals surface area contributed by atoms with Gasteiger partial charge in [0.25, 0.3) is 0 Å². The molecule has 0 saturated carbocycles. The van der Waals surface area contributed by atoms with Crippen LogP contribution in [-0.4, -0.2) is 73.6 Å². The second-order valence-corrected chi connectivity index (χ2v) is 15.6. The number of piperidine rings is 1. The van der Waals surface area contributed by atoms with Gasteiger partial charge in [-0.15, -0.1) is 0 Å². The van der Waals surface area contributed by atoms with E-state index in [0.717, 1.165) is 43.7 Å². The molecule has 5 rings (SSSR count). The number of benzene rings is 2. The highest BCUT2D eigenvalue weighted by Gasteiger charge is 2.49. The Labute approximate surface area is 253 Å². The van der Waals surface area contributed by atoms with Crippen molar-refractivity contribution in [3.8, 4) is 0 Å². The van der Waals surface area contributed by atoms with Crippen LogP contribution in [0.3, 0.4) is 0 Å². The molecule has 0 radical (unpaired) electrons. The maximum Gasteiger partial charge on any atom is 0.407 e. The normalized spacial score (nSPS) is 23.2. The maximum atomic E-state index is 12.7. The summed E-state index contributed by atoms with van der Waals surface area (Å²) in [6.45, 7) is 7.42. The van der Waals surface area contributed by atoms with E-state index in [9.17, 15) is 18.0 Å². The standard InChI is InChI=1S/C31H40N4O5S2/c1-31(2,3)40-30(37)32-16-13-28(36)33-29-35(26-20-42(38,39)21-27(26)41-29)25-11-9-24(10-12-25)34-17-14-23(15-18-34)19-22-7-5-4-6-8-22/h4-12,23,26-27H,13-21H2,1-3H3,(H,32,37)/t26-,27+/m0/s1. The summed E-state index contributed by atoms with van der Waals surface area (Å²) in [5.41, 5.74) is 2.74. The molecule has 0 unspecified atom stereocenters. The van der Waals surface area contributed by atoms with Gasteiger partial charge in [0.2, 0.25) is 5.91 Å². The predicted octanol–water partition coefficient (Wildman–Crippen LogP) is 4.66. The maximum absolute atomic E-state index is 12.7. The average molecular weight is 613 g/mol. The van der Waals surface area contributed by atoms with Crippen LogP contribution in [0.1, 0.15) is 45.6 Å². The SMILES string of the molecule is CC(C)(C)OC(=O)NCCC(=O)N=C1S[C@@H]2CS(=O)(=O)C[C@@H]2N1c1ccc(N2CCC(Cc3ccccc3)CC2)cc1. The van der Waals surface area contributed by atoms with E-state index in [1.54, 1.807) is 20.8 Å². The lowest BCUT2D eigenvalue weighted by Gasteiger charge is -2.34. The molecule has 3 heterocycles. The zero-order valence-electron chi connectivity index (χ0n) is 24.5. The minimum atomic E-state index is -3.16. The lowest BCUT2D eigenvalue weighted by molar-refractivity contribution is -0.117. The number of amides is 2. The molecule has 2 amide bonds. The van der Waals surface area contributed by atoms with E-state index >= 15 is 0 Å². The molecule has 11 heteroatoms. The molecule has 0 aromatic heterocycles. The fraction of sp³-hybridized carbons (Fsp3) is 0.516. The van der Waals surface area contributed by atoms with Crippen molar-refractivity contribution in [2.75, 3.05) is 40.9 Å². The van der Waals surface area contributed by atoms with Gasteiger partial charge in [-0.25, -0.2) is 13.2 Å². The molecule has 3 saturated heterocycles. The first-order chi connectivity index (χ1) is 20.0. The third kappa shape index (κ3) is 7.86. The Balaban J connectivity index is 1.23. The summed E-state index contributed by atoms with van der Waals surface area (Å²) in [5, 5.41) is 2.92. The molecule has 3 aliphatic rings. The number of nitrogens with zero attached hydrogens (tertiary/aromatic N) is 3. The van der Waals surface area contributed by atoms with Crippen molar-refractivity contribution in [2.45, 2.75) is 63.3 Å². The molecule has 0 bridgehead atoms. The first-order valence-corrected chi connectivity index (χ1v) is 17.3. The second-order valence-electron chi connectivity index (χ2n) is 12.3. The summed E-state index contributed by atoms with van der Waals surface area (Å²) in [6, 6.07) is 18.6. The Hall–Kier alpha value is -3.05. The largest absolute Gasteiger partial charge is 0.444 e. The van der Waals surface area contributed by atoms with Crippen LogP contribution in [-0.2, 0) is 25.8 Å². The summed E-state index contributed by atoms with van der Waals surface area (Å²) in [4.78, 5) is 33.3. The topological polar surface area (TPSA) is 108 Å². The van der Waals surface area contributed by atoms with Gasteiger partial charge in [0.15, 0.2) is 15.0 Å². The Kier molecular flexibility index (Phi) is 9.17. The fourth-order valence-electron chi connectivity index (χ4n) is 5.78. The lowest BCUT2D eigenvalue weighted by atomic mass is 9.90. The first kappa shape index (κ1) is 30.4. The smallest absolute Gasteiger partial charge is 0.407 e. The Morgan fingerprint density at radius 1 is 1.00 bits per heavy atom. The van der Waals surface area contributed by atoms with E-state index in [0.29, 0.717) is 11.1 Å². The Bertz CT molecular complexity index is 1400. The van der Waals surface area contributed by atoms with Crippen LogP contribution in [0.15, 0.2) is 59.6 Å². The van der Waals surface area contributed by atoms with Crippen LogP contribution in [0.2, 0.25) is 0 Å². The summed E-state index contributed by atoms with van der Waals surface area (Å²) in [6.07, 6.45) is 2.83. The van der Waals surface area contributed by atoms with Gasteiger partial charge in [-0.1, -0.05) is 42.1 Å².